The first-order valence-corrected chi connectivity index (χ1v) is 12.5. The fourth-order valence-corrected chi connectivity index (χ4v) is 4.79. The molecule has 38 heavy (non-hydrogen) atoms. The number of carbonyl (C=O) groups excluding carboxylic acids is 1. The lowest BCUT2D eigenvalue weighted by Gasteiger charge is -2.29. The van der Waals surface area contributed by atoms with Crippen LogP contribution in [0.1, 0.15) is 22.8 Å². The molecule has 1 N–H and O–H groups in total. The van der Waals surface area contributed by atoms with Crippen molar-refractivity contribution in [2.75, 3.05) is 38.2 Å². The zero-order valence-corrected chi connectivity index (χ0v) is 20.9. The predicted octanol–water partition coefficient (Wildman–Crippen LogP) is 4.25. The molecule has 5 heterocycles. The van der Waals surface area contributed by atoms with Crippen molar-refractivity contribution in [2.45, 2.75) is 19.9 Å². The van der Waals surface area contributed by atoms with Crippen LogP contribution < -0.4 is 10.1 Å². The Hall–Kier alpha value is -4.54. The van der Waals surface area contributed by atoms with Gasteiger partial charge >= 0.3 is 0 Å². The number of pyridine rings is 2. The molecule has 0 unspecified atom stereocenters. The van der Waals surface area contributed by atoms with E-state index in [4.69, 9.17) is 9.26 Å². The van der Waals surface area contributed by atoms with Crippen LogP contribution in [-0.4, -0.2) is 68.4 Å². The first-order chi connectivity index (χ1) is 18.6. The molecule has 10 nitrogen and oxygen atoms in total. The van der Waals surface area contributed by atoms with Crippen LogP contribution >= 0.6 is 0 Å². The van der Waals surface area contributed by atoms with Crippen molar-refractivity contribution in [3.63, 3.8) is 0 Å². The van der Waals surface area contributed by atoms with Gasteiger partial charge in [0, 0.05) is 62.9 Å². The van der Waals surface area contributed by atoms with Gasteiger partial charge in [-0.1, -0.05) is 17.3 Å². The second-order valence-electron chi connectivity index (χ2n) is 9.07. The maximum absolute atomic E-state index is 13.3. The summed E-state index contributed by atoms with van der Waals surface area (Å²) in [4.78, 5) is 28.3. The predicted molar refractivity (Wildman–Crippen MR) is 140 cm³/mol. The first-order valence-electron chi connectivity index (χ1n) is 12.5. The molecule has 0 atom stereocenters. The number of anilines is 1. The lowest BCUT2D eigenvalue weighted by Crippen LogP contribution is -2.42. The number of benzene rings is 1. The van der Waals surface area contributed by atoms with E-state index in [9.17, 15) is 9.18 Å². The van der Waals surface area contributed by atoms with E-state index in [1.165, 1.54) is 0 Å². The van der Waals surface area contributed by atoms with E-state index in [2.05, 4.69) is 25.4 Å². The monoisotopic (exact) mass is 515 g/mol. The summed E-state index contributed by atoms with van der Waals surface area (Å²) in [7, 11) is 0. The number of ether oxygens (including phenoxy) is 1. The SMILES string of the molecule is Cc1nc(-c2ccc3ccnc(NCCN4CCn5c(cc6c(OCCCF)nccc65)C4=O)c3c2)no1. The number of nitrogens with zero attached hydrogens (tertiary/aromatic N) is 6. The Bertz CT molecular complexity index is 1630. The number of hydrogen-bond acceptors (Lipinski definition) is 8. The second-order valence-corrected chi connectivity index (χ2v) is 9.07. The zero-order valence-electron chi connectivity index (χ0n) is 20.9. The van der Waals surface area contributed by atoms with E-state index in [1.54, 1.807) is 19.3 Å². The maximum Gasteiger partial charge on any atom is 0.270 e. The normalized spacial score (nSPS) is 13.3. The van der Waals surface area contributed by atoms with Gasteiger partial charge in [0.2, 0.25) is 17.6 Å². The molecule has 0 saturated heterocycles. The van der Waals surface area contributed by atoms with Crippen LogP contribution in [0, 0.1) is 6.92 Å². The van der Waals surface area contributed by atoms with Crippen molar-refractivity contribution in [3.05, 3.63) is 60.4 Å². The molecule has 11 heteroatoms. The van der Waals surface area contributed by atoms with Crippen LogP contribution in [0.4, 0.5) is 10.2 Å². The summed E-state index contributed by atoms with van der Waals surface area (Å²) in [5.41, 5.74) is 2.33. The highest BCUT2D eigenvalue weighted by atomic mass is 19.1. The van der Waals surface area contributed by atoms with Gasteiger partial charge in [0.15, 0.2) is 0 Å². The number of halogens is 1. The number of nitrogens with one attached hydrogen (secondary N) is 1. The number of rotatable bonds is 9. The largest absolute Gasteiger partial charge is 0.477 e. The second kappa shape index (κ2) is 10.1. The first kappa shape index (κ1) is 23.8. The van der Waals surface area contributed by atoms with E-state index in [0.29, 0.717) is 55.9 Å². The molecule has 4 aromatic heterocycles. The summed E-state index contributed by atoms with van der Waals surface area (Å²) in [6.07, 6.45) is 3.72. The topological polar surface area (TPSA) is 111 Å². The fraction of sp³-hybridized carbons (Fsp3) is 0.296. The highest BCUT2D eigenvalue weighted by Gasteiger charge is 2.27. The Morgan fingerprint density at radius 3 is 2.84 bits per heavy atom. The van der Waals surface area contributed by atoms with Crippen molar-refractivity contribution >= 4 is 33.4 Å². The third-order valence-electron chi connectivity index (χ3n) is 6.64. The molecule has 5 aromatic rings. The molecule has 194 valence electrons. The van der Waals surface area contributed by atoms with Gasteiger partial charge in [-0.3, -0.25) is 9.18 Å². The minimum absolute atomic E-state index is 0.0513. The molecule has 1 aliphatic rings. The summed E-state index contributed by atoms with van der Waals surface area (Å²) in [6, 6.07) is 11.6. The average Bonchev–Trinajstić information content (AvgIpc) is 3.54. The molecule has 1 aromatic carbocycles. The molecule has 0 spiro atoms. The van der Waals surface area contributed by atoms with Gasteiger partial charge in [0.05, 0.1) is 24.2 Å². The molecule has 0 fully saturated rings. The fourth-order valence-electron chi connectivity index (χ4n) is 4.79. The van der Waals surface area contributed by atoms with Crippen LogP contribution in [0.15, 0.2) is 53.3 Å². The third-order valence-corrected chi connectivity index (χ3v) is 6.64. The van der Waals surface area contributed by atoms with Crippen LogP contribution in [0.2, 0.25) is 0 Å². The summed E-state index contributed by atoms with van der Waals surface area (Å²) in [6.45, 7) is 3.85. The van der Waals surface area contributed by atoms with Crippen molar-refractivity contribution < 1.29 is 18.4 Å². The van der Waals surface area contributed by atoms with Gasteiger partial charge < -0.3 is 24.0 Å². The van der Waals surface area contributed by atoms with Gasteiger partial charge in [-0.15, -0.1) is 0 Å². The third kappa shape index (κ3) is 4.40. The summed E-state index contributed by atoms with van der Waals surface area (Å²) in [5.74, 6) is 2.14. The van der Waals surface area contributed by atoms with Gasteiger partial charge in [0.1, 0.15) is 11.5 Å². The smallest absolute Gasteiger partial charge is 0.270 e. The number of amides is 1. The van der Waals surface area contributed by atoms with Gasteiger partial charge in [0.25, 0.3) is 5.91 Å². The number of aromatic nitrogens is 5. The number of fused-ring (bicyclic) bond motifs is 4. The Morgan fingerprint density at radius 2 is 2.00 bits per heavy atom. The van der Waals surface area contributed by atoms with Gasteiger partial charge in [-0.05, 0) is 29.7 Å². The molecule has 0 aliphatic carbocycles. The average molecular weight is 516 g/mol. The van der Waals surface area contributed by atoms with Crippen LogP contribution in [0.25, 0.3) is 33.1 Å². The molecular formula is C27H26FN7O3. The Morgan fingerprint density at radius 1 is 1.11 bits per heavy atom. The van der Waals surface area contributed by atoms with E-state index < -0.39 is 6.67 Å². The summed E-state index contributed by atoms with van der Waals surface area (Å²) >= 11 is 0. The number of hydrogen-bond donors (Lipinski definition) is 1. The van der Waals surface area contributed by atoms with Gasteiger partial charge in [-0.2, -0.15) is 4.98 Å². The van der Waals surface area contributed by atoms with Crippen molar-refractivity contribution in [1.82, 2.24) is 29.6 Å². The van der Waals surface area contributed by atoms with Crippen LogP contribution in [0.3, 0.4) is 0 Å². The van der Waals surface area contributed by atoms with Crippen LogP contribution in [-0.2, 0) is 6.54 Å². The Kier molecular flexibility index (Phi) is 6.32. The lowest BCUT2D eigenvalue weighted by atomic mass is 10.1. The van der Waals surface area contributed by atoms with E-state index in [-0.39, 0.29) is 12.5 Å². The van der Waals surface area contributed by atoms with Crippen molar-refractivity contribution in [2.24, 2.45) is 0 Å². The van der Waals surface area contributed by atoms with Crippen molar-refractivity contribution in [1.29, 1.82) is 0 Å². The van der Waals surface area contributed by atoms with E-state index in [0.717, 1.165) is 33.1 Å². The molecule has 1 amide bonds. The Balaban J connectivity index is 1.17. The van der Waals surface area contributed by atoms with E-state index in [1.807, 2.05) is 45.9 Å². The molecule has 6 rings (SSSR count). The molecular weight excluding hydrogens is 489 g/mol. The quantitative estimate of drug-likeness (QED) is 0.290. The molecule has 0 radical (unpaired) electrons. The highest BCUT2D eigenvalue weighted by molar-refractivity contribution is 6.00. The minimum atomic E-state index is -0.447. The lowest BCUT2D eigenvalue weighted by molar-refractivity contribution is 0.0714. The van der Waals surface area contributed by atoms with Gasteiger partial charge in [-0.25, -0.2) is 9.97 Å². The molecule has 1 aliphatic heterocycles. The molecule has 0 bridgehead atoms. The Labute approximate surface area is 217 Å². The number of alkyl halides is 1. The molecule has 0 saturated carbocycles. The standard InChI is InChI=1S/C27H26FN7O3/c1-17-32-24(33-38-17)19-4-3-18-5-8-29-25(20(18)15-19)30-10-11-34-12-13-35-22-6-9-31-26(37-14-2-7-28)21(22)16-23(35)27(34)36/h3-6,8-9,15-16H,2,7,10-14H2,1H3,(H,29,30). The van der Waals surface area contributed by atoms with E-state index >= 15 is 0 Å². The maximum atomic E-state index is 13.3. The van der Waals surface area contributed by atoms with Crippen molar-refractivity contribution in [3.8, 4) is 17.3 Å². The number of carbonyl (C=O) groups is 1. The summed E-state index contributed by atoms with van der Waals surface area (Å²) < 4.78 is 25.3. The summed E-state index contributed by atoms with van der Waals surface area (Å²) in [5, 5.41) is 10.1. The van der Waals surface area contributed by atoms with Crippen LogP contribution in [0.5, 0.6) is 5.88 Å². The highest BCUT2D eigenvalue weighted by Crippen LogP contribution is 2.30. The number of aryl methyl sites for hydroxylation is 1. The minimum Gasteiger partial charge on any atom is -0.477 e. The zero-order chi connectivity index (χ0) is 26.1.